The fourth-order valence-corrected chi connectivity index (χ4v) is 12.3. The van der Waals surface area contributed by atoms with Gasteiger partial charge in [0.05, 0.1) is 27.6 Å². The van der Waals surface area contributed by atoms with E-state index in [9.17, 15) is 29.1 Å². The minimum atomic E-state index is -1.03. The number of piperidine rings is 1. The zero-order valence-corrected chi connectivity index (χ0v) is 40.3. The van der Waals surface area contributed by atoms with Crippen LogP contribution in [-0.2, 0) is 14.3 Å². The molecule has 74 heavy (non-hydrogen) atoms. The summed E-state index contributed by atoms with van der Waals surface area (Å²) in [7, 11) is 0. The maximum atomic E-state index is 17.2. The molecule has 3 aromatic carbocycles. The van der Waals surface area contributed by atoms with Gasteiger partial charge in [-0.25, -0.2) is 13.6 Å². The first-order valence-corrected chi connectivity index (χ1v) is 25.1. The molecule has 0 spiro atoms. The fourth-order valence-electron chi connectivity index (χ4n) is 12.3. The number of likely N-dealkylation sites (tertiary alicyclic amines) is 1. The molecule has 2 aromatic heterocycles. The molecule has 0 saturated carbocycles. The van der Waals surface area contributed by atoms with Crippen molar-refractivity contribution >= 4 is 62.9 Å². The molecule has 3 unspecified atom stereocenters. The minimum Gasteiger partial charge on any atom is -0.508 e. The van der Waals surface area contributed by atoms with Crippen LogP contribution in [0.1, 0.15) is 77.6 Å². The van der Waals surface area contributed by atoms with Gasteiger partial charge in [-0.1, -0.05) is 24.1 Å². The first-order valence-electron chi connectivity index (χ1n) is 25.1. The molecule has 7 aliphatic rings. The Balaban J connectivity index is 0.693. The number of piperazine rings is 1. The van der Waals surface area contributed by atoms with Crippen molar-refractivity contribution in [3.05, 3.63) is 89.1 Å². The number of amides is 5. The van der Waals surface area contributed by atoms with E-state index in [1.165, 1.54) is 30.5 Å². The number of nitrogens with one attached hydrogen (secondary N) is 3. The number of rotatable bonds is 12. The van der Waals surface area contributed by atoms with Crippen molar-refractivity contribution in [2.75, 3.05) is 62.7 Å². The molecule has 5 amide bonds. The van der Waals surface area contributed by atoms with Crippen molar-refractivity contribution in [3.63, 3.8) is 0 Å². The van der Waals surface area contributed by atoms with Crippen LogP contribution in [0.3, 0.4) is 0 Å². The largest absolute Gasteiger partial charge is 0.508 e. The predicted octanol–water partition coefficient (Wildman–Crippen LogP) is 5.26. The van der Waals surface area contributed by atoms with Crippen LogP contribution in [0.5, 0.6) is 11.8 Å². The Hall–Kier alpha value is -7.76. The number of fused-ring (bicyclic) bond motifs is 6. The highest BCUT2D eigenvalue weighted by molar-refractivity contribution is 6.23. The van der Waals surface area contributed by atoms with Crippen LogP contribution in [0.15, 0.2) is 60.8 Å². The number of terminal acetylenes is 1. The third-order valence-corrected chi connectivity index (χ3v) is 16.0. The molecule has 6 saturated heterocycles. The zero-order valence-electron chi connectivity index (χ0n) is 40.3. The van der Waals surface area contributed by atoms with Crippen LogP contribution in [0.2, 0.25) is 0 Å². The molecule has 12 rings (SSSR count). The lowest BCUT2D eigenvalue weighted by Gasteiger charge is -2.39. The number of pyridine rings is 1. The summed E-state index contributed by atoms with van der Waals surface area (Å²) < 4.78 is 44.8. The Bertz CT molecular complexity index is 3290. The second kappa shape index (κ2) is 18.3. The summed E-state index contributed by atoms with van der Waals surface area (Å²) in [5.74, 6) is -0.756. The van der Waals surface area contributed by atoms with Crippen LogP contribution in [-0.4, -0.2) is 147 Å². The zero-order chi connectivity index (χ0) is 51.2. The number of aromatic nitrogens is 3. The third-order valence-electron chi connectivity index (χ3n) is 16.0. The van der Waals surface area contributed by atoms with E-state index in [4.69, 9.17) is 20.9 Å². The summed E-state index contributed by atoms with van der Waals surface area (Å²) in [6.45, 7) is 8.14. The number of hydrogen-bond acceptors (Lipinski definition) is 15. The first kappa shape index (κ1) is 47.3. The summed E-state index contributed by atoms with van der Waals surface area (Å²) in [6.07, 6.45) is 11.9. The smallest absolute Gasteiger partial charge is 0.409 e. The van der Waals surface area contributed by atoms with E-state index in [1.54, 1.807) is 23.1 Å². The van der Waals surface area contributed by atoms with Crippen molar-refractivity contribution in [3.8, 4) is 35.4 Å². The quantitative estimate of drug-likeness (QED) is 0.0713. The van der Waals surface area contributed by atoms with Crippen LogP contribution in [0.25, 0.3) is 32.9 Å². The van der Waals surface area contributed by atoms with Crippen LogP contribution in [0, 0.1) is 29.9 Å². The van der Waals surface area contributed by atoms with E-state index in [1.807, 2.05) is 0 Å². The van der Waals surface area contributed by atoms with Gasteiger partial charge in [-0.3, -0.25) is 39.3 Å². The van der Waals surface area contributed by atoms with Crippen molar-refractivity contribution in [1.29, 1.82) is 0 Å². The van der Waals surface area contributed by atoms with Gasteiger partial charge in [0.2, 0.25) is 11.8 Å². The molecular formula is C54H52F2N10O8. The lowest BCUT2D eigenvalue weighted by molar-refractivity contribution is -0.136. The molecule has 7 aliphatic heterocycles. The second-order valence-electron chi connectivity index (χ2n) is 20.7. The minimum absolute atomic E-state index is 0.0213. The Morgan fingerprint density at radius 1 is 0.973 bits per heavy atom. The number of carbonyl (C=O) groups excluding carboxylic acids is 5. The van der Waals surface area contributed by atoms with Gasteiger partial charge in [-0.2, -0.15) is 9.97 Å². The Morgan fingerprint density at radius 3 is 2.55 bits per heavy atom. The molecule has 2 bridgehead atoms. The van der Waals surface area contributed by atoms with E-state index >= 15 is 8.78 Å². The summed E-state index contributed by atoms with van der Waals surface area (Å²) in [6, 6.07) is 9.64. The van der Waals surface area contributed by atoms with E-state index in [0.29, 0.717) is 68.0 Å². The second-order valence-corrected chi connectivity index (χ2v) is 20.7. The lowest BCUT2D eigenvalue weighted by Crippen LogP contribution is -2.54. The maximum Gasteiger partial charge on any atom is 0.409 e. The fraction of sp³-hybridized carbons (Fsp3) is 0.407. The van der Waals surface area contributed by atoms with Crippen LogP contribution < -0.4 is 25.6 Å². The molecule has 5 atom stereocenters. The third kappa shape index (κ3) is 8.18. The summed E-state index contributed by atoms with van der Waals surface area (Å²) in [5.41, 5.74) is 1.40. The highest BCUT2D eigenvalue weighted by Crippen LogP contribution is 2.45. The molecule has 4 N–H and O–H groups in total. The Morgan fingerprint density at radius 2 is 1.77 bits per heavy atom. The number of anilines is 2. The monoisotopic (exact) mass is 1010 g/mol. The summed E-state index contributed by atoms with van der Waals surface area (Å²) in [4.78, 5) is 84.9. The average molecular weight is 1010 g/mol. The molecule has 18 nitrogen and oxygen atoms in total. The number of hydrogen-bond donors (Lipinski definition) is 4. The van der Waals surface area contributed by atoms with Gasteiger partial charge in [0, 0.05) is 86.6 Å². The average Bonchev–Trinajstić information content (AvgIpc) is 4.08. The summed E-state index contributed by atoms with van der Waals surface area (Å²) in [5, 5.41) is 20.9. The maximum absolute atomic E-state index is 17.2. The Kier molecular flexibility index (Phi) is 11.7. The highest BCUT2D eigenvalue weighted by atomic mass is 19.1. The predicted molar refractivity (Wildman–Crippen MR) is 266 cm³/mol. The van der Waals surface area contributed by atoms with Crippen LogP contribution in [0.4, 0.5) is 25.1 Å². The number of phenolic OH excluding ortho intramolecular Hbond substituents is 1. The van der Waals surface area contributed by atoms with Gasteiger partial charge in [0.1, 0.15) is 47.9 Å². The standard InChI is InChI=1S/C54H52F2N10O8/c1-3-36-41(55)9-4-30-16-35(67)18-39(44(30)36)46-45(56)47-40(20-58-46)48(63-24-32-5-6-33(25-63)59-32)62-52(61-47)74-27-54-14-12-34(65(54)21-28(2)19-54)26-73-53(72)64-22-29(23-64)13-15-57-31-7-8-37-38(17-31)51(71)66(50(37)70)42-10-11-43(68)60-49(42)69/h1,4,7-9,16-18,20,29,32-34,42,57,59,67H,2,5-6,10-15,19,21-27H2,(H,60,68,69)/t32?,33?,34-,42?,54-/m0/s1. The van der Waals surface area contributed by atoms with Gasteiger partial charge >= 0.3 is 12.1 Å². The van der Waals surface area contributed by atoms with E-state index in [0.717, 1.165) is 42.6 Å². The molecule has 0 radical (unpaired) electrons. The molecule has 9 heterocycles. The van der Waals surface area contributed by atoms with Gasteiger partial charge < -0.3 is 35.0 Å². The van der Waals surface area contributed by atoms with Crippen molar-refractivity contribution < 1.29 is 47.3 Å². The van der Waals surface area contributed by atoms with Gasteiger partial charge in [0.15, 0.2) is 5.82 Å². The van der Waals surface area contributed by atoms with Crippen molar-refractivity contribution in [2.45, 2.75) is 81.1 Å². The number of benzene rings is 3. The first-order chi connectivity index (χ1) is 35.7. The van der Waals surface area contributed by atoms with E-state index in [-0.39, 0.29) is 101 Å². The summed E-state index contributed by atoms with van der Waals surface area (Å²) >= 11 is 0. The number of halogens is 2. The van der Waals surface area contributed by atoms with Gasteiger partial charge in [-0.15, -0.1) is 6.42 Å². The van der Waals surface area contributed by atoms with Gasteiger partial charge in [-0.05, 0) is 92.6 Å². The molecular weight excluding hydrogens is 955 g/mol. The molecule has 6 fully saturated rings. The normalized spacial score (nSPS) is 24.6. The van der Waals surface area contributed by atoms with E-state index in [2.05, 4.69) is 48.2 Å². The van der Waals surface area contributed by atoms with Crippen LogP contribution >= 0.6 is 0 Å². The van der Waals surface area contributed by atoms with Crippen molar-refractivity contribution in [2.24, 2.45) is 5.92 Å². The van der Waals surface area contributed by atoms with E-state index < -0.39 is 52.9 Å². The highest BCUT2D eigenvalue weighted by Gasteiger charge is 2.52. The molecule has 20 heteroatoms. The molecule has 380 valence electrons. The van der Waals surface area contributed by atoms with Gasteiger partial charge in [0.25, 0.3) is 11.8 Å². The SMILES string of the molecule is C#Cc1c(F)ccc2cc(O)cc(-c3ncc4c(N5CC6CCC(C5)N6)nc(OC[C@@]56CC[C@@H](COC(=O)N7CC(CCNc8ccc9c(c8)C(=O)N(C8CCC(=O)NC8=O)C9=O)C7)N5CC(=C)C6)nc4c3F)c12. The number of aromatic hydroxyl groups is 1. The number of carbonyl (C=O) groups is 5. The topological polar surface area (TPSA) is 212 Å². The lowest BCUT2D eigenvalue weighted by atomic mass is 9.94. The van der Waals surface area contributed by atoms with Crippen molar-refractivity contribution in [1.82, 2.24) is 40.3 Å². The number of imide groups is 2. The Labute approximate surface area is 423 Å². The number of phenols is 1. The molecule has 5 aromatic rings. The molecule has 0 aliphatic carbocycles. The number of ether oxygens (including phenoxy) is 2. The number of nitrogens with zero attached hydrogens (tertiary/aromatic N) is 7.